The quantitative estimate of drug-likeness (QED) is 0.276. The fourth-order valence-corrected chi connectivity index (χ4v) is 3.05. The fraction of sp³-hybridized carbons (Fsp3) is 0.227. The first-order valence-electron chi connectivity index (χ1n) is 9.26. The van der Waals surface area contributed by atoms with Gasteiger partial charge in [-0.05, 0) is 24.5 Å². The van der Waals surface area contributed by atoms with Gasteiger partial charge in [0.1, 0.15) is 17.3 Å². The van der Waals surface area contributed by atoms with Gasteiger partial charge in [0.05, 0.1) is 0 Å². The Kier molecular flexibility index (Phi) is 5.79. The standard InChI is InChI=1S/C16H10N2O2.C6H13NO2/c17-9-5-6-12-14(7-9)20-15-8-13(19)10-3-1-2-4-11(10)16(15)18-12;1-4(2)3-5(7)6(8)9/h1-8H,17H2;4-5H,3,7H2,1-2H3,(H,8,9)/t;5-/m.0/s1. The Hall–Kier alpha value is -3.45. The molecule has 5 N–H and O–H groups in total. The van der Waals surface area contributed by atoms with Crippen molar-refractivity contribution in [3.05, 3.63) is 58.8 Å². The van der Waals surface area contributed by atoms with Crippen LogP contribution in [0.3, 0.4) is 0 Å². The maximum atomic E-state index is 12.1. The van der Waals surface area contributed by atoms with Crippen molar-refractivity contribution in [3.63, 3.8) is 0 Å². The molecule has 7 heteroatoms. The molecule has 0 aromatic heterocycles. The summed E-state index contributed by atoms with van der Waals surface area (Å²) >= 11 is 0. The van der Waals surface area contributed by atoms with Crippen LogP contribution in [0, 0.1) is 5.92 Å². The van der Waals surface area contributed by atoms with Gasteiger partial charge in [-0.2, -0.15) is 0 Å². The van der Waals surface area contributed by atoms with Crippen LogP contribution in [0.2, 0.25) is 0 Å². The van der Waals surface area contributed by atoms with Crippen LogP contribution in [0.5, 0.6) is 0 Å². The highest BCUT2D eigenvalue weighted by Gasteiger charge is 2.15. The van der Waals surface area contributed by atoms with Crippen molar-refractivity contribution in [1.82, 2.24) is 4.98 Å². The number of carboxylic acid groups (broad SMARTS) is 1. The lowest BCUT2D eigenvalue weighted by Crippen LogP contribution is -2.31. The summed E-state index contributed by atoms with van der Waals surface area (Å²) in [4.78, 5) is 26.8. The molecule has 1 aliphatic heterocycles. The van der Waals surface area contributed by atoms with E-state index in [4.69, 9.17) is 21.0 Å². The van der Waals surface area contributed by atoms with Gasteiger partial charge < -0.3 is 21.0 Å². The molecule has 2 aromatic rings. The number of nitrogens with zero attached hydrogens (tertiary/aromatic N) is 1. The zero-order valence-corrected chi connectivity index (χ0v) is 16.3. The third-order valence-corrected chi connectivity index (χ3v) is 4.42. The van der Waals surface area contributed by atoms with E-state index in [0.29, 0.717) is 40.4 Å². The Bertz CT molecular complexity index is 1200. The number of anilines is 1. The number of carbonyl (C=O) groups is 1. The molecule has 1 atom stereocenters. The zero-order chi connectivity index (χ0) is 21.1. The van der Waals surface area contributed by atoms with E-state index in [1.807, 2.05) is 38.1 Å². The van der Waals surface area contributed by atoms with Gasteiger partial charge in [-0.25, -0.2) is 4.98 Å². The van der Waals surface area contributed by atoms with Crippen molar-refractivity contribution < 1.29 is 14.3 Å². The molecule has 0 fully saturated rings. The van der Waals surface area contributed by atoms with E-state index in [0.717, 1.165) is 10.9 Å². The van der Waals surface area contributed by atoms with Crippen LogP contribution in [0.1, 0.15) is 20.3 Å². The minimum atomic E-state index is -0.913. The fourth-order valence-electron chi connectivity index (χ4n) is 3.05. The van der Waals surface area contributed by atoms with Crippen LogP contribution in [0.4, 0.5) is 5.69 Å². The van der Waals surface area contributed by atoms with E-state index >= 15 is 0 Å². The van der Waals surface area contributed by atoms with Gasteiger partial charge >= 0.3 is 5.97 Å². The topological polar surface area (TPSA) is 132 Å². The van der Waals surface area contributed by atoms with E-state index in [-0.39, 0.29) is 5.43 Å². The highest BCUT2D eigenvalue weighted by molar-refractivity contribution is 5.96. The molecule has 0 radical (unpaired) electrons. The number of rotatable bonds is 3. The van der Waals surface area contributed by atoms with Crippen LogP contribution >= 0.6 is 0 Å². The number of fused-ring (bicyclic) bond motifs is 4. The molecule has 0 amide bonds. The Morgan fingerprint density at radius 2 is 1.83 bits per heavy atom. The molecular weight excluding hydrogens is 370 g/mol. The Balaban J connectivity index is 0.000000229. The molecule has 150 valence electrons. The monoisotopic (exact) mass is 393 g/mol. The van der Waals surface area contributed by atoms with Crippen molar-refractivity contribution >= 4 is 33.5 Å². The summed E-state index contributed by atoms with van der Waals surface area (Å²) in [5.74, 6) is -0.0772. The van der Waals surface area contributed by atoms with E-state index in [1.165, 1.54) is 6.07 Å². The second kappa shape index (κ2) is 8.28. The molecule has 4 rings (SSSR count). The highest BCUT2D eigenvalue weighted by atomic mass is 16.4. The van der Waals surface area contributed by atoms with Gasteiger partial charge in [0.2, 0.25) is 0 Å². The van der Waals surface area contributed by atoms with Gasteiger partial charge in [-0.3, -0.25) is 9.59 Å². The third kappa shape index (κ3) is 4.52. The second-order valence-corrected chi connectivity index (χ2v) is 7.28. The summed E-state index contributed by atoms with van der Waals surface area (Å²) < 4.78 is 5.77. The van der Waals surface area contributed by atoms with Crippen molar-refractivity contribution in [2.75, 3.05) is 5.73 Å². The normalized spacial score (nSPS) is 12.1. The van der Waals surface area contributed by atoms with Crippen LogP contribution in [0.25, 0.3) is 33.3 Å². The van der Waals surface area contributed by atoms with Crippen LogP contribution in [0.15, 0.2) is 57.7 Å². The van der Waals surface area contributed by atoms with Gasteiger partial charge in [-0.1, -0.05) is 38.1 Å². The summed E-state index contributed by atoms with van der Waals surface area (Å²) in [6.07, 6.45) is 0.551. The molecule has 1 heterocycles. The molecule has 0 saturated carbocycles. The SMILES string of the molecule is CC(C)C[C@H](N)C(=O)O.Nc1ccc2nc3c4ccccc4c(=O)cc-3oc2c1. The second-order valence-electron chi connectivity index (χ2n) is 7.28. The summed E-state index contributed by atoms with van der Waals surface area (Å²) in [6.45, 7) is 3.89. The number of benzene rings is 3. The van der Waals surface area contributed by atoms with E-state index in [2.05, 4.69) is 4.98 Å². The minimum absolute atomic E-state index is 0.0677. The van der Waals surface area contributed by atoms with Crippen LogP contribution in [-0.4, -0.2) is 22.1 Å². The number of carboxylic acids is 1. The molecule has 2 aliphatic rings. The minimum Gasteiger partial charge on any atom is -0.480 e. The predicted molar refractivity (Wildman–Crippen MR) is 114 cm³/mol. The number of aliphatic carboxylic acids is 1. The van der Waals surface area contributed by atoms with E-state index in [1.54, 1.807) is 18.2 Å². The maximum absolute atomic E-state index is 12.1. The third-order valence-electron chi connectivity index (χ3n) is 4.42. The van der Waals surface area contributed by atoms with Crippen molar-refractivity contribution in [2.24, 2.45) is 11.7 Å². The maximum Gasteiger partial charge on any atom is 0.320 e. The molecule has 2 aromatic carbocycles. The molecule has 0 unspecified atom stereocenters. The molecule has 0 spiro atoms. The first-order chi connectivity index (χ1) is 13.8. The molecule has 0 bridgehead atoms. The summed E-state index contributed by atoms with van der Waals surface area (Å²) in [5.41, 5.74) is 13.5. The smallest absolute Gasteiger partial charge is 0.320 e. The van der Waals surface area contributed by atoms with Gasteiger partial charge in [0.15, 0.2) is 16.8 Å². The van der Waals surface area contributed by atoms with Crippen LogP contribution < -0.4 is 16.9 Å². The largest absolute Gasteiger partial charge is 0.480 e. The predicted octanol–water partition coefficient (Wildman–Crippen LogP) is 3.47. The Labute approximate surface area is 167 Å². The number of nitrogen functional groups attached to an aromatic ring is 1. The lowest BCUT2D eigenvalue weighted by molar-refractivity contribution is -0.138. The van der Waals surface area contributed by atoms with Crippen molar-refractivity contribution in [1.29, 1.82) is 0 Å². The molecule has 29 heavy (non-hydrogen) atoms. The number of nitrogens with two attached hydrogens (primary N) is 2. The number of hydrogen-bond donors (Lipinski definition) is 3. The lowest BCUT2D eigenvalue weighted by atomic mass is 10.0. The molecule has 1 aliphatic carbocycles. The highest BCUT2D eigenvalue weighted by Crippen LogP contribution is 2.30. The summed E-state index contributed by atoms with van der Waals surface area (Å²) in [7, 11) is 0. The summed E-state index contributed by atoms with van der Waals surface area (Å²) in [5, 5.41) is 9.76. The van der Waals surface area contributed by atoms with E-state index < -0.39 is 12.0 Å². The Morgan fingerprint density at radius 3 is 2.45 bits per heavy atom. The first kappa shape index (κ1) is 20.3. The average Bonchev–Trinajstić information content (AvgIpc) is 2.67. The molecule has 7 nitrogen and oxygen atoms in total. The van der Waals surface area contributed by atoms with Gasteiger partial charge in [0, 0.05) is 28.6 Å². The molecule has 0 saturated heterocycles. The lowest BCUT2D eigenvalue weighted by Gasteiger charge is -2.09. The zero-order valence-electron chi connectivity index (χ0n) is 16.3. The van der Waals surface area contributed by atoms with Crippen LogP contribution in [-0.2, 0) is 4.79 Å². The van der Waals surface area contributed by atoms with Crippen molar-refractivity contribution in [2.45, 2.75) is 26.3 Å². The summed E-state index contributed by atoms with van der Waals surface area (Å²) in [6, 6.07) is 13.5. The average molecular weight is 393 g/mol. The van der Waals surface area contributed by atoms with Gasteiger partial charge in [-0.15, -0.1) is 0 Å². The molecular formula is C22H23N3O4. The van der Waals surface area contributed by atoms with Crippen molar-refractivity contribution in [3.8, 4) is 11.5 Å². The number of hydrogen-bond acceptors (Lipinski definition) is 6. The number of aromatic nitrogens is 1. The first-order valence-corrected chi connectivity index (χ1v) is 9.26. The Morgan fingerprint density at radius 1 is 1.14 bits per heavy atom. The van der Waals surface area contributed by atoms with Gasteiger partial charge in [0.25, 0.3) is 0 Å². The van der Waals surface area contributed by atoms with E-state index in [9.17, 15) is 9.59 Å².